The number of hydrogen-bond donors (Lipinski definition) is 3. The molecule has 0 aromatic carbocycles. The Bertz CT molecular complexity index is 993. The number of nitrogens with zero attached hydrogens (tertiary/aromatic N) is 4. The number of nitrogens with two attached hydrogens (primary N) is 1. The lowest BCUT2D eigenvalue weighted by Gasteiger charge is -2.42. The summed E-state index contributed by atoms with van der Waals surface area (Å²) in [7, 11) is -2.90. The Labute approximate surface area is 155 Å². The van der Waals surface area contributed by atoms with Gasteiger partial charge in [-0.25, -0.2) is 9.97 Å². The van der Waals surface area contributed by atoms with E-state index in [1.165, 1.54) is 10.6 Å². The lowest BCUT2D eigenvalue weighted by Crippen LogP contribution is -2.59. The summed E-state index contributed by atoms with van der Waals surface area (Å²) in [5.74, 6) is -0.820. The highest BCUT2D eigenvalue weighted by Crippen LogP contribution is 2.54. The summed E-state index contributed by atoms with van der Waals surface area (Å²) >= 11 is 0. The maximum Gasteiger partial charge on any atom is 0.338 e. The zero-order chi connectivity index (χ0) is 19.4. The van der Waals surface area contributed by atoms with Crippen LogP contribution < -0.4 is 10.6 Å². The van der Waals surface area contributed by atoms with Crippen LogP contribution in [0.25, 0.3) is 11.0 Å². The van der Waals surface area contributed by atoms with Gasteiger partial charge in [-0.2, -0.15) is 12.7 Å². The number of amides is 1. The first-order valence-electron chi connectivity index (χ1n) is 8.39. The van der Waals surface area contributed by atoms with Gasteiger partial charge in [0.1, 0.15) is 23.9 Å². The third kappa shape index (κ3) is 2.76. The van der Waals surface area contributed by atoms with Gasteiger partial charge < -0.3 is 20.7 Å². The summed E-state index contributed by atoms with van der Waals surface area (Å²) in [5, 5.41) is 11.0. The molecule has 0 radical (unpaired) electrons. The highest BCUT2D eigenvalue weighted by Gasteiger charge is 2.67. The smallest absolute Gasteiger partial charge is 0.338 e. The van der Waals surface area contributed by atoms with E-state index < -0.39 is 33.8 Å². The van der Waals surface area contributed by atoms with Crippen molar-refractivity contribution in [2.24, 2.45) is 11.7 Å². The number of anilines is 1. The third-order valence-corrected chi connectivity index (χ3v) is 6.93. The number of aliphatic hydroxyl groups is 1. The summed E-state index contributed by atoms with van der Waals surface area (Å²) in [6, 6.07) is 1.85. The molecule has 3 atom stereocenters. The number of carbonyl (C=O) groups excluding carboxylic acids is 1. The van der Waals surface area contributed by atoms with Crippen molar-refractivity contribution < 1.29 is 22.5 Å². The third-order valence-electron chi connectivity index (χ3n) is 5.42. The van der Waals surface area contributed by atoms with Crippen molar-refractivity contribution in [2.45, 2.75) is 18.1 Å². The minimum absolute atomic E-state index is 0.133. The van der Waals surface area contributed by atoms with Crippen LogP contribution in [0, 0.1) is 5.92 Å². The predicted octanol–water partition coefficient (Wildman–Crippen LogP) is -1.42. The van der Waals surface area contributed by atoms with E-state index in [9.17, 15) is 18.3 Å². The van der Waals surface area contributed by atoms with Crippen LogP contribution in [0.2, 0.25) is 0 Å². The number of aromatic nitrogens is 3. The molecule has 4 rings (SSSR count). The second-order valence-electron chi connectivity index (χ2n) is 6.82. The van der Waals surface area contributed by atoms with Crippen LogP contribution >= 0.6 is 0 Å². The van der Waals surface area contributed by atoms with Crippen molar-refractivity contribution in [3.63, 3.8) is 0 Å². The molecule has 146 valence electrons. The van der Waals surface area contributed by atoms with E-state index in [1.54, 1.807) is 6.20 Å². The van der Waals surface area contributed by atoms with E-state index in [-0.39, 0.29) is 13.1 Å². The summed E-state index contributed by atoms with van der Waals surface area (Å²) in [6.45, 7) is 0.761. The topological polar surface area (TPSA) is 155 Å². The number of nitrogens with one attached hydrogen (secondary N) is 1. The van der Waals surface area contributed by atoms with Crippen LogP contribution in [0.5, 0.6) is 0 Å². The second-order valence-corrected chi connectivity index (χ2v) is 8.45. The fraction of sp³-hybridized carbons (Fsp3) is 0.533. The molecular weight excluding hydrogens is 376 g/mol. The fourth-order valence-corrected chi connectivity index (χ4v) is 5.23. The molecule has 27 heavy (non-hydrogen) atoms. The second kappa shape index (κ2) is 6.12. The first-order chi connectivity index (χ1) is 12.8. The average Bonchev–Trinajstić information content (AvgIpc) is 3.12. The van der Waals surface area contributed by atoms with Crippen LogP contribution in [-0.2, 0) is 19.3 Å². The molecule has 2 aromatic heterocycles. The van der Waals surface area contributed by atoms with Gasteiger partial charge in [-0.05, 0) is 12.5 Å². The number of piperazine rings is 1. The molecule has 1 saturated heterocycles. The monoisotopic (exact) mass is 396 g/mol. The van der Waals surface area contributed by atoms with Crippen molar-refractivity contribution in [3.8, 4) is 0 Å². The normalized spacial score (nSPS) is 27.2. The molecule has 1 spiro atoms. The summed E-state index contributed by atoms with van der Waals surface area (Å²) in [4.78, 5) is 24.9. The van der Waals surface area contributed by atoms with Crippen LogP contribution in [0.3, 0.4) is 0 Å². The predicted molar refractivity (Wildman–Crippen MR) is 94.8 cm³/mol. The van der Waals surface area contributed by atoms with Crippen LogP contribution in [0.1, 0.15) is 6.42 Å². The molecule has 3 heterocycles. The van der Waals surface area contributed by atoms with E-state index in [0.717, 1.165) is 12.5 Å². The molecule has 3 unspecified atom stereocenters. The van der Waals surface area contributed by atoms with Gasteiger partial charge in [-0.1, -0.05) is 0 Å². The molecule has 1 aliphatic carbocycles. The molecule has 1 amide bonds. The Morgan fingerprint density at radius 3 is 2.96 bits per heavy atom. The number of aromatic amines is 1. The number of primary amides is 1. The summed E-state index contributed by atoms with van der Waals surface area (Å²) < 4.78 is 30.8. The van der Waals surface area contributed by atoms with Gasteiger partial charge in [0.25, 0.3) is 0 Å². The van der Waals surface area contributed by atoms with Crippen molar-refractivity contribution in [1.29, 1.82) is 0 Å². The van der Waals surface area contributed by atoms with Crippen molar-refractivity contribution >= 4 is 33.1 Å². The van der Waals surface area contributed by atoms with Crippen LogP contribution in [0.15, 0.2) is 18.6 Å². The van der Waals surface area contributed by atoms with E-state index in [0.29, 0.717) is 24.4 Å². The van der Waals surface area contributed by atoms with Crippen molar-refractivity contribution in [1.82, 2.24) is 19.3 Å². The maximum absolute atomic E-state index is 12.4. The largest absolute Gasteiger partial charge is 0.383 e. The molecule has 4 N–H and O–H groups in total. The molecule has 0 bridgehead atoms. The zero-order valence-corrected chi connectivity index (χ0v) is 15.4. The highest BCUT2D eigenvalue weighted by molar-refractivity contribution is 7.84. The van der Waals surface area contributed by atoms with Crippen LogP contribution in [-0.4, -0.2) is 77.1 Å². The highest BCUT2D eigenvalue weighted by atomic mass is 32.2. The van der Waals surface area contributed by atoms with Crippen molar-refractivity contribution in [2.75, 3.05) is 31.6 Å². The lowest BCUT2D eigenvalue weighted by atomic mass is 10.1. The SMILES string of the molecule is COS(=O)(=O)N1CCN(c2ncnc3[nH]ccc23)CC12CC2C(O)C(N)=O. The quantitative estimate of drug-likeness (QED) is 0.556. The number of fused-ring (bicyclic) bond motifs is 1. The number of rotatable bonds is 5. The van der Waals surface area contributed by atoms with Gasteiger partial charge in [0, 0.05) is 31.7 Å². The maximum atomic E-state index is 12.4. The molecule has 2 fully saturated rings. The minimum atomic E-state index is -3.99. The van der Waals surface area contributed by atoms with E-state index in [4.69, 9.17) is 9.92 Å². The molecule has 2 aromatic rings. The molecule has 12 heteroatoms. The number of hydrogen-bond acceptors (Lipinski definition) is 8. The van der Waals surface area contributed by atoms with Gasteiger partial charge in [0.05, 0.1) is 18.0 Å². The van der Waals surface area contributed by atoms with Gasteiger partial charge in [0.15, 0.2) is 0 Å². The number of carbonyl (C=O) groups is 1. The molecular formula is C15H20N6O5S. The lowest BCUT2D eigenvalue weighted by molar-refractivity contribution is -0.127. The Balaban J connectivity index is 1.71. The first-order valence-corrected chi connectivity index (χ1v) is 9.75. The average molecular weight is 396 g/mol. The van der Waals surface area contributed by atoms with Gasteiger partial charge in [-0.3, -0.25) is 8.98 Å². The fourth-order valence-electron chi connectivity index (χ4n) is 4.03. The van der Waals surface area contributed by atoms with E-state index in [1.807, 2.05) is 11.0 Å². The van der Waals surface area contributed by atoms with Gasteiger partial charge >= 0.3 is 10.3 Å². The standard InChI is InChI=1S/C15H20N6O5S/c1-26-27(24,25)21-5-4-20(7-15(21)6-10(15)11(22)12(16)23)14-9-2-3-17-13(9)18-8-19-14/h2-3,8,10-11,22H,4-7H2,1H3,(H2,16,23)(H,17,18,19). The number of H-pyrrole nitrogens is 1. The minimum Gasteiger partial charge on any atom is -0.383 e. The van der Waals surface area contributed by atoms with Gasteiger partial charge in [-0.15, -0.1) is 0 Å². The van der Waals surface area contributed by atoms with Crippen molar-refractivity contribution in [3.05, 3.63) is 18.6 Å². The van der Waals surface area contributed by atoms with Gasteiger partial charge in [0.2, 0.25) is 5.91 Å². The zero-order valence-electron chi connectivity index (χ0n) is 14.6. The number of aliphatic hydroxyl groups excluding tert-OH is 1. The van der Waals surface area contributed by atoms with E-state index in [2.05, 4.69) is 15.0 Å². The molecule has 2 aliphatic rings. The Morgan fingerprint density at radius 2 is 2.26 bits per heavy atom. The first kappa shape index (κ1) is 18.1. The molecule has 11 nitrogen and oxygen atoms in total. The summed E-state index contributed by atoms with van der Waals surface area (Å²) in [5.41, 5.74) is 4.93. The molecule has 1 aliphatic heterocycles. The molecule has 1 saturated carbocycles. The Morgan fingerprint density at radius 1 is 1.48 bits per heavy atom. The van der Waals surface area contributed by atoms with E-state index >= 15 is 0 Å². The Hall–Kier alpha value is -2.28. The Kier molecular flexibility index (Phi) is 4.10. The van der Waals surface area contributed by atoms with Crippen LogP contribution in [0.4, 0.5) is 5.82 Å². The summed E-state index contributed by atoms with van der Waals surface area (Å²) in [6.07, 6.45) is 2.05.